The Morgan fingerprint density at radius 1 is 1.26 bits per heavy atom. The largest absolute Gasteiger partial charge is 0.345 e. The first-order chi connectivity index (χ1) is 10.9. The van der Waals surface area contributed by atoms with Crippen LogP contribution >= 0.6 is 11.6 Å². The number of amides is 1. The van der Waals surface area contributed by atoms with E-state index >= 15 is 0 Å². The molecule has 2 rings (SSSR count). The summed E-state index contributed by atoms with van der Waals surface area (Å²) in [6.45, 7) is 6.40. The molecular weight excluding hydrogens is 310 g/mol. The van der Waals surface area contributed by atoms with E-state index in [1.165, 1.54) is 0 Å². The molecule has 23 heavy (non-hydrogen) atoms. The van der Waals surface area contributed by atoms with Crippen LogP contribution in [0.1, 0.15) is 31.1 Å². The van der Waals surface area contributed by atoms with Crippen LogP contribution in [0.4, 0.5) is 0 Å². The summed E-state index contributed by atoms with van der Waals surface area (Å²) >= 11 is 5.91. The van der Waals surface area contributed by atoms with Crippen molar-refractivity contribution in [2.24, 2.45) is 11.7 Å². The fourth-order valence-electron chi connectivity index (χ4n) is 2.13. The molecular formula is C18H22ClN3O. The summed E-state index contributed by atoms with van der Waals surface area (Å²) in [5.41, 5.74) is 7.72. The third kappa shape index (κ3) is 4.09. The Bertz CT molecular complexity index is 685. The first-order valence-electron chi connectivity index (χ1n) is 7.59. The predicted octanol–water partition coefficient (Wildman–Crippen LogP) is 3.51. The normalized spacial score (nSPS) is 13.7. The molecule has 1 aromatic carbocycles. The summed E-state index contributed by atoms with van der Waals surface area (Å²) in [6.07, 6.45) is 3.29. The molecule has 0 saturated carbocycles. The predicted molar refractivity (Wildman–Crippen MR) is 94.4 cm³/mol. The zero-order valence-electron chi connectivity index (χ0n) is 13.6. The summed E-state index contributed by atoms with van der Waals surface area (Å²) in [5.74, 6) is 0.0545. The number of nitrogens with zero attached hydrogens (tertiary/aromatic N) is 1. The molecule has 5 heteroatoms. The molecule has 1 heterocycles. The van der Waals surface area contributed by atoms with E-state index in [0.717, 1.165) is 11.1 Å². The lowest BCUT2D eigenvalue weighted by Crippen LogP contribution is -2.55. The zero-order chi connectivity index (χ0) is 17.0. The first kappa shape index (κ1) is 17.4. The summed E-state index contributed by atoms with van der Waals surface area (Å²) in [6, 6.07) is 9.25. The van der Waals surface area contributed by atoms with Gasteiger partial charge in [-0.25, -0.2) is 0 Å². The smallest absolute Gasteiger partial charge is 0.253 e. The quantitative estimate of drug-likeness (QED) is 0.881. The third-order valence-electron chi connectivity index (χ3n) is 4.28. The molecule has 3 N–H and O–H groups in total. The van der Waals surface area contributed by atoms with Crippen LogP contribution in [0, 0.1) is 5.92 Å². The van der Waals surface area contributed by atoms with Gasteiger partial charge < -0.3 is 11.1 Å². The van der Waals surface area contributed by atoms with E-state index in [2.05, 4.69) is 10.3 Å². The van der Waals surface area contributed by atoms with Gasteiger partial charge >= 0.3 is 0 Å². The van der Waals surface area contributed by atoms with Gasteiger partial charge in [0.05, 0.1) is 11.1 Å². The van der Waals surface area contributed by atoms with E-state index in [9.17, 15) is 4.79 Å². The zero-order valence-corrected chi connectivity index (χ0v) is 14.4. The first-order valence-corrected chi connectivity index (χ1v) is 7.97. The maximum atomic E-state index is 12.5. The highest BCUT2D eigenvalue weighted by Gasteiger charge is 2.29. The second-order valence-corrected chi connectivity index (χ2v) is 6.64. The molecule has 1 amide bonds. The number of hydrogen-bond donors (Lipinski definition) is 2. The van der Waals surface area contributed by atoms with Crippen molar-refractivity contribution in [2.45, 2.75) is 26.3 Å². The van der Waals surface area contributed by atoms with Gasteiger partial charge in [0.2, 0.25) is 0 Å². The van der Waals surface area contributed by atoms with Crippen molar-refractivity contribution < 1.29 is 4.79 Å². The highest BCUT2D eigenvalue weighted by molar-refractivity contribution is 6.30. The van der Waals surface area contributed by atoms with Crippen molar-refractivity contribution in [3.63, 3.8) is 0 Å². The van der Waals surface area contributed by atoms with Crippen molar-refractivity contribution in [1.29, 1.82) is 0 Å². The number of benzene rings is 1. The molecule has 0 aliphatic carbocycles. The van der Waals surface area contributed by atoms with Gasteiger partial charge in [-0.15, -0.1) is 0 Å². The Kier molecular flexibility index (Phi) is 5.39. The number of nitrogens with two attached hydrogens (primary N) is 1. The maximum Gasteiger partial charge on any atom is 0.253 e. The third-order valence-corrected chi connectivity index (χ3v) is 4.53. The van der Waals surface area contributed by atoms with E-state index in [4.69, 9.17) is 17.3 Å². The second kappa shape index (κ2) is 7.11. The van der Waals surface area contributed by atoms with Crippen LogP contribution in [0.15, 0.2) is 42.7 Å². The monoisotopic (exact) mass is 331 g/mol. The molecule has 4 nitrogen and oxygen atoms in total. The average molecular weight is 332 g/mol. The summed E-state index contributed by atoms with van der Waals surface area (Å²) in [7, 11) is 0. The molecule has 0 bridgehead atoms. The lowest BCUT2D eigenvalue weighted by atomic mass is 9.88. The van der Waals surface area contributed by atoms with Crippen molar-refractivity contribution in [2.75, 3.05) is 6.54 Å². The number of halogens is 1. The van der Waals surface area contributed by atoms with Crippen LogP contribution in [0.3, 0.4) is 0 Å². The van der Waals surface area contributed by atoms with Crippen LogP contribution in [-0.4, -0.2) is 23.0 Å². The van der Waals surface area contributed by atoms with Crippen molar-refractivity contribution in [3.8, 4) is 11.1 Å². The molecule has 1 atom stereocenters. The number of carbonyl (C=O) groups excluding carboxylic acids is 1. The summed E-state index contributed by atoms with van der Waals surface area (Å²) in [5, 5.41) is 3.69. The molecule has 0 aliphatic rings. The summed E-state index contributed by atoms with van der Waals surface area (Å²) < 4.78 is 0. The minimum Gasteiger partial charge on any atom is -0.345 e. The lowest BCUT2D eigenvalue weighted by molar-refractivity contribution is 0.0883. The number of pyridine rings is 1. The van der Waals surface area contributed by atoms with E-state index in [1.807, 2.05) is 51.1 Å². The van der Waals surface area contributed by atoms with Gasteiger partial charge in [0.15, 0.2) is 0 Å². The van der Waals surface area contributed by atoms with E-state index in [-0.39, 0.29) is 11.8 Å². The SMILES string of the molecule is CC(C)C(C)(CN)NC(=O)c1cncc(-c2ccc(Cl)cc2)c1. The maximum absolute atomic E-state index is 12.5. The Morgan fingerprint density at radius 3 is 2.48 bits per heavy atom. The molecule has 0 saturated heterocycles. The van der Waals surface area contributed by atoms with E-state index in [1.54, 1.807) is 12.4 Å². The number of nitrogens with one attached hydrogen (secondary N) is 1. The molecule has 0 radical (unpaired) electrons. The van der Waals surface area contributed by atoms with Crippen LogP contribution in [-0.2, 0) is 0 Å². The Hall–Kier alpha value is -1.91. The highest BCUT2D eigenvalue weighted by atomic mass is 35.5. The Labute approximate surface area is 142 Å². The topological polar surface area (TPSA) is 68.0 Å². The lowest BCUT2D eigenvalue weighted by Gasteiger charge is -2.33. The van der Waals surface area contributed by atoms with Crippen molar-refractivity contribution in [3.05, 3.63) is 53.3 Å². The number of hydrogen-bond acceptors (Lipinski definition) is 3. The minimum absolute atomic E-state index is 0.171. The molecule has 0 spiro atoms. The van der Waals surface area contributed by atoms with Gasteiger partial charge in [0, 0.05) is 29.5 Å². The van der Waals surface area contributed by atoms with Crippen LogP contribution in [0.5, 0.6) is 0 Å². The summed E-state index contributed by atoms with van der Waals surface area (Å²) in [4.78, 5) is 16.7. The number of rotatable bonds is 5. The van der Waals surface area contributed by atoms with Gasteiger partial charge in [0.1, 0.15) is 0 Å². The van der Waals surface area contributed by atoms with Crippen molar-refractivity contribution in [1.82, 2.24) is 10.3 Å². The fourth-order valence-corrected chi connectivity index (χ4v) is 2.25. The van der Waals surface area contributed by atoms with E-state index in [0.29, 0.717) is 17.1 Å². The standard InChI is InChI=1S/C18H22ClN3O/c1-12(2)18(3,11-20)22-17(23)15-8-14(9-21-10-15)13-4-6-16(19)7-5-13/h4-10,12H,11,20H2,1-3H3,(H,22,23). The van der Waals surface area contributed by atoms with Gasteiger partial charge in [-0.2, -0.15) is 0 Å². The number of aromatic nitrogens is 1. The molecule has 0 aliphatic heterocycles. The van der Waals surface area contributed by atoms with Gasteiger partial charge in [-0.3, -0.25) is 9.78 Å². The molecule has 1 unspecified atom stereocenters. The van der Waals surface area contributed by atoms with Crippen LogP contribution in [0.2, 0.25) is 5.02 Å². The Balaban J connectivity index is 2.25. The average Bonchev–Trinajstić information content (AvgIpc) is 2.55. The molecule has 122 valence electrons. The molecule has 1 aromatic heterocycles. The van der Waals surface area contributed by atoms with Crippen LogP contribution < -0.4 is 11.1 Å². The second-order valence-electron chi connectivity index (χ2n) is 6.20. The Morgan fingerprint density at radius 2 is 1.91 bits per heavy atom. The van der Waals surface area contributed by atoms with Gasteiger partial charge in [-0.05, 0) is 36.6 Å². The number of carbonyl (C=O) groups is 1. The van der Waals surface area contributed by atoms with Gasteiger partial charge in [-0.1, -0.05) is 37.6 Å². The highest BCUT2D eigenvalue weighted by Crippen LogP contribution is 2.22. The molecule has 2 aromatic rings. The minimum atomic E-state index is -0.451. The van der Waals surface area contributed by atoms with Crippen molar-refractivity contribution >= 4 is 17.5 Å². The van der Waals surface area contributed by atoms with Gasteiger partial charge in [0.25, 0.3) is 5.91 Å². The molecule has 0 fully saturated rings. The van der Waals surface area contributed by atoms with E-state index < -0.39 is 5.54 Å². The fraction of sp³-hybridized carbons (Fsp3) is 0.333. The van der Waals surface area contributed by atoms with Crippen LogP contribution in [0.25, 0.3) is 11.1 Å².